The average molecular weight is 263 g/mol. The molecule has 0 atom stereocenters. The van der Waals surface area contributed by atoms with Crippen molar-refractivity contribution in [1.29, 1.82) is 0 Å². The summed E-state index contributed by atoms with van der Waals surface area (Å²) >= 11 is 0. The number of rotatable bonds is 8. The SMILES string of the molecule is CCNCc1cnc(C)cc1N(CCOC)C1CC1. The molecular formula is C15H25N3O. The van der Waals surface area contributed by atoms with E-state index in [1.807, 2.05) is 6.20 Å². The topological polar surface area (TPSA) is 37.4 Å². The highest BCUT2D eigenvalue weighted by Crippen LogP contribution is 2.33. The molecule has 4 heteroatoms. The summed E-state index contributed by atoms with van der Waals surface area (Å²) in [6.45, 7) is 7.79. The number of methoxy groups -OCH3 is 1. The Hall–Kier alpha value is -1.13. The minimum atomic E-state index is 0.692. The van der Waals surface area contributed by atoms with E-state index in [0.717, 1.165) is 31.9 Å². The van der Waals surface area contributed by atoms with E-state index >= 15 is 0 Å². The van der Waals surface area contributed by atoms with Crippen LogP contribution in [0, 0.1) is 6.92 Å². The van der Waals surface area contributed by atoms with Gasteiger partial charge in [-0.2, -0.15) is 0 Å². The monoisotopic (exact) mass is 263 g/mol. The van der Waals surface area contributed by atoms with Gasteiger partial charge in [-0.25, -0.2) is 0 Å². The van der Waals surface area contributed by atoms with Gasteiger partial charge in [0.25, 0.3) is 0 Å². The predicted molar refractivity (Wildman–Crippen MR) is 78.6 cm³/mol. The summed E-state index contributed by atoms with van der Waals surface area (Å²) in [6.07, 6.45) is 4.60. The van der Waals surface area contributed by atoms with E-state index in [2.05, 4.69) is 35.1 Å². The lowest BCUT2D eigenvalue weighted by Crippen LogP contribution is -2.31. The Bertz CT molecular complexity index is 404. The van der Waals surface area contributed by atoms with Gasteiger partial charge in [-0.05, 0) is 32.4 Å². The molecule has 1 N–H and O–H groups in total. The Kier molecular flexibility index (Phi) is 5.16. The van der Waals surface area contributed by atoms with Gasteiger partial charge in [0.05, 0.1) is 6.61 Å². The summed E-state index contributed by atoms with van der Waals surface area (Å²) in [5.74, 6) is 0. The van der Waals surface area contributed by atoms with Crippen molar-refractivity contribution in [2.24, 2.45) is 0 Å². The van der Waals surface area contributed by atoms with E-state index in [-0.39, 0.29) is 0 Å². The standard InChI is InChI=1S/C15H25N3O/c1-4-16-10-13-11-17-12(2)9-15(13)18(7-8-19-3)14-5-6-14/h9,11,14,16H,4-8,10H2,1-3H3. The largest absolute Gasteiger partial charge is 0.383 e. The molecule has 19 heavy (non-hydrogen) atoms. The molecule has 4 nitrogen and oxygen atoms in total. The molecular weight excluding hydrogens is 238 g/mol. The third-order valence-electron chi connectivity index (χ3n) is 3.50. The van der Waals surface area contributed by atoms with Crippen LogP contribution in [-0.2, 0) is 11.3 Å². The predicted octanol–water partition coefficient (Wildman–Crippen LogP) is 2.11. The second kappa shape index (κ2) is 6.87. The van der Waals surface area contributed by atoms with Crippen LogP contribution < -0.4 is 10.2 Å². The van der Waals surface area contributed by atoms with E-state index < -0.39 is 0 Å². The van der Waals surface area contributed by atoms with Gasteiger partial charge in [-0.15, -0.1) is 0 Å². The van der Waals surface area contributed by atoms with E-state index in [4.69, 9.17) is 4.74 Å². The Morgan fingerprint density at radius 1 is 1.47 bits per heavy atom. The van der Waals surface area contributed by atoms with Gasteiger partial charge in [0, 0.05) is 49.4 Å². The van der Waals surface area contributed by atoms with Crippen molar-refractivity contribution in [3.8, 4) is 0 Å². The summed E-state index contributed by atoms with van der Waals surface area (Å²) in [6, 6.07) is 2.90. The molecule has 1 saturated carbocycles. The molecule has 1 fully saturated rings. The zero-order valence-corrected chi connectivity index (χ0v) is 12.3. The summed E-state index contributed by atoms with van der Waals surface area (Å²) in [5, 5.41) is 3.40. The number of hydrogen-bond donors (Lipinski definition) is 1. The molecule has 1 aromatic heterocycles. The van der Waals surface area contributed by atoms with Gasteiger partial charge in [0.1, 0.15) is 0 Å². The van der Waals surface area contributed by atoms with Crippen LogP contribution in [0.1, 0.15) is 31.0 Å². The first-order valence-corrected chi connectivity index (χ1v) is 7.18. The fourth-order valence-electron chi connectivity index (χ4n) is 2.31. The lowest BCUT2D eigenvalue weighted by atomic mass is 10.1. The van der Waals surface area contributed by atoms with Crippen LogP contribution in [0.15, 0.2) is 12.3 Å². The van der Waals surface area contributed by atoms with Gasteiger partial charge < -0.3 is 15.0 Å². The van der Waals surface area contributed by atoms with Crippen LogP contribution >= 0.6 is 0 Å². The number of nitrogens with zero attached hydrogens (tertiary/aromatic N) is 2. The molecule has 0 unspecified atom stereocenters. The number of pyridine rings is 1. The highest BCUT2D eigenvalue weighted by atomic mass is 16.5. The zero-order valence-electron chi connectivity index (χ0n) is 12.3. The maximum Gasteiger partial charge on any atom is 0.0637 e. The van der Waals surface area contributed by atoms with Gasteiger partial charge in [0.15, 0.2) is 0 Å². The van der Waals surface area contributed by atoms with Crippen molar-refractivity contribution in [2.75, 3.05) is 31.7 Å². The number of hydrogen-bond acceptors (Lipinski definition) is 4. The Balaban J connectivity index is 2.19. The lowest BCUT2D eigenvalue weighted by molar-refractivity contribution is 0.205. The Morgan fingerprint density at radius 3 is 2.89 bits per heavy atom. The number of anilines is 1. The third kappa shape index (κ3) is 3.91. The lowest BCUT2D eigenvalue weighted by Gasteiger charge is -2.27. The van der Waals surface area contributed by atoms with Crippen molar-refractivity contribution >= 4 is 5.69 Å². The van der Waals surface area contributed by atoms with Crippen LogP contribution in [-0.4, -0.2) is 37.8 Å². The molecule has 0 spiro atoms. The highest BCUT2D eigenvalue weighted by molar-refractivity contribution is 5.55. The first kappa shape index (κ1) is 14.3. The molecule has 1 aromatic rings. The molecule has 0 amide bonds. The average Bonchev–Trinajstić information content (AvgIpc) is 3.23. The van der Waals surface area contributed by atoms with Crippen LogP contribution in [0.2, 0.25) is 0 Å². The van der Waals surface area contributed by atoms with Gasteiger partial charge in [-0.1, -0.05) is 6.92 Å². The summed E-state index contributed by atoms with van der Waals surface area (Å²) < 4.78 is 5.25. The Morgan fingerprint density at radius 2 is 2.26 bits per heavy atom. The number of aromatic nitrogens is 1. The smallest absolute Gasteiger partial charge is 0.0637 e. The minimum absolute atomic E-state index is 0.692. The maximum atomic E-state index is 5.25. The molecule has 2 rings (SSSR count). The molecule has 0 bridgehead atoms. The summed E-state index contributed by atoms with van der Waals surface area (Å²) in [7, 11) is 1.77. The summed E-state index contributed by atoms with van der Waals surface area (Å²) in [4.78, 5) is 6.93. The number of nitrogens with one attached hydrogen (secondary N) is 1. The van der Waals surface area contributed by atoms with Crippen LogP contribution in [0.4, 0.5) is 5.69 Å². The molecule has 0 aromatic carbocycles. The number of ether oxygens (including phenoxy) is 1. The quantitative estimate of drug-likeness (QED) is 0.779. The van der Waals surface area contributed by atoms with Crippen molar-refractivity contribution in [3.63, 3.8) is 0 Å². The van der Waals surface area contributed by atoms with E-state index in [1.165, 1.54) is 24.1 Å². The molecule has 1 aliphatic carbocycles. The third-order valence-corrected chi connectivity index (χ3v) is 3.50. The molecule has 106 valence electrons. The maximum absolute atomic E-state index is 5.25. The second-order valence-electron chi connectivity index (χ2n) is 5.15. The summed E-state index contributed by atoms with van der Waals surface area (Å²) in [5.41, 5.74) is 3.70. The van der Waals surface area contributed by atoms with Crippen molar-refractivity contribution in [1.82, 2.24) is 10.3 Å². The van der Waals surface area contributed by atoms with E-state index in [9.17, 15) is 0 Å². The molecule has 0 radical (unpaired) electrons. The molecule has 1 heterocycles. The van der Waals surface area contributed by atoms with Crippen molar-refractivity contribution in [2.45, 2.75) is 39.3 Å². The first-order chi connectivity index (χ1) is 9.26. The Labute approximate surface area is 116 Å². The van der Waals surface area contributed by atoms with Crippen LogP contribution in [0.3, 0.4) is 0 Å². The molecule has 0 saturated heterocycles. The van der Waals surface area contributed by atoms with Gasteiger partial charge in [0.2, 0.25) is 0 Å². The number of aryl methyl sites for hydroxylation is 1. The van der Waals surface area contributed by atoms with Gasteiger partial charge >= 0.3 is 0 Å². The minimum Gasteiger partial charge on any atom is -0.383 e. The first-order valence-electron chi connectivity index (χ1n) is 7.18. The second-order valence-corrected chi connectivity index (χ2v) is 5.15. The fraction of sp³-hybridized carbons (Fsp3) is 0.667. The molecule has 1 aliphatic rings. The van der Waals surface area contributed by atoms with E-state index in [1.54, 1.807) is 7.11 Å². The van der Waals surface area contributed by atoms with Crippen LogP contribution in [0.25, 0.3) is 0 Å². The van der Waals surface area contributed by atoms with Crippen molar-refractivity contribution < 1.29 is 4.74 Å². The fourth-order valence-corrected chi connectivity index (χ4v) is 2.31. The van der Waals surface area contributed by atoms with E-state index in [0.29, 0.717) is 6.04 Å². The normalized spacial score (nSPS) is 14.7. The van der Waals surface area contributed by atoms with Crippen LogP contribution in [0.5, 0.6) is 0 Å². The zero-order chi connectivity index (χ0) is 13.7. The van der Waals surface area contributed by atoms with Crippen molar-refractivity contribution in [3.05, 3.63) is 23.5 Å². The highest BCUT2D eigenvalue weighted by Gasteiger charge is 2.30. The van der Waals surface area contributed by atoms with Gasteiger partial charge in [-0.3, -0.25) is 4.98 Å². The molecule has 0 aliphatic heterocycles.